The average molecular weight is 480 g/mol. The molecule has 0 saturated carbocycles. The standard InChI is InChI=1S/C23H24F3N3O3S/c24-23(25,26)32-20-8-6-17(7-9-20)27-21(33)28-12-10-18(11-13-28)29-19(15-31-22(29)30)14-16-4-2-1-3-5-16/h1-9,18-19H,10-15H2,(H,27,33)/t19-/m0/s1. The lowest BCUT2D eigenvalue weighted by atomic mass is 9.99. The second kappa shape index (κ2) is 9.86. The van der Waals surface area contributed by atoms with E-state index in [1.54, 1.807) is 0 Å². The van der Waals surface area contributed by atoms with E-state index in [9.17, 15) is 18.0 Å². The number of alkyl halides is 3. The number of likely N-dealkylation sites (tertiary alicyclic amines) is 1. The predicted octanol–water partition coefficient (Wildman–Crippen LogP) is 4.81. The van der Waals surface area contributed by atoms with Gasteiger partial charge in [0.2, 0.25) is 0 Å². The number of thiocarbonyl (C=S) groups is 1. The van der Waals surface area contributed by atoms with Gasteiger partial charge in [0.1, 0.15) is 12.4 Å². The van der Waals surface area contributed by atoms with E-state index >= 15 is 0 Å². The van der Waals surface area contributed by atoms with Crippen molar-refractivity contribution in [1.29, 1.82) is 0 Å². The molecule has 2 fully saturated rings. The third-order valence-corrected chi connectivity index (χ3v) is 6.16. The van der Waals surface area contributed by atoms with Crippen molar-refractivity contribution in [2.45, 2.75) is 37.7 Å². The van der Waals surface area contributed by atoms with Crippen molar-refractivity contribution >= 4 is 29.1 Å². The molecule has 4 rings (SSSR count). The van der Waals surface area contributed by atoms with Gasteiger partial charge in [-0.3, -0.25) is 4.90 Å². The summed E-state index contributed by atoms with van der Waals surface area (Å²) in [6.45, 7) is 1.71. The minimum absolute atomic E-state index is 0.0129. The number of rotatable bonds is 5. The number of carbonyl (C=O) groups is 1. The Kier molecular flexibility index (Phi) is 6.92. The molecule has 1 amide bonds. The predicted molar refractivity (Wildman–Crippen MR) is 121 cm³/mol. The van der Waals surface area contributed by atoms with E-state index in [4.69, 9.17) is 17.0 Å². The van der Waals surface area contributed by atoms with Gasteiger partial charge in [-0.05, 0) is 61.3 Å². The topological polar surface area (TPSA) is 54.0 Å². The van der Waals surface area contributed by atoms with E-state index in [0.717, 1.165) is 19.3 Å². The molecule has 1 atom stereocenters. The van der Waals surface area contributed by atoms with Gasteiger partial charge in [0, 0.05) is 24.8 Å². The molecule has 2 heterocycles. The van der Waals surface area contributed by atoms with Crippen LogP contribution in [-0.2, 0) is 11.2 Å². The first-order valence-electron chi connectivity index (χ1n) is 10.7. The van der Waals surface area contributed by atoms with Crippen molar-refractivity contribution in [1.82, 2.24) is 9.80 Å². The van der Waals surface area contributed by atoms with Gasteiger partial charge in [-0.1, -0.05) is 30.3 Å². The molecule has 0 spiro atoms. The number of nitrogens with one attached hydrogen (secondary N) is 1. The van der Waals surface area contributed by atoms with Crippen molar-refractivity contribution in [3.63, 3.8) is 0 Å². The first kappa shape index (κ1) is 23.2. The summed E-state index contributed by atoms with van der Waals surface area (Å²) in [5.41, 5.74) is 1.74. The number of cyclic esters (lactones) is 1. The normalized spacial score (nSPS) is 19.4. The van der Waals surface area contributed by atoms with Crippen LogP contribution in [0.15, 0.2) is 54.6 Å². The number of hydrogen-bond donors (Lipinski definition) is 1. The number of ether oxygens (including phenoxy) is 2. The Hall–Kier alpha value is -3.01. The molecule has 1 N–H and O–H groups in total. The molecule has 0 aliphatic carbocycles. The molecule has 33 heavy (non-hydrogen) atoms. The molecule has 0 bridgehead atoms. The van der Waals surface area contributed by atoms with Crippen LogP contribution in [-0.4, -0.2) is 59.1 Å². The van der Waals surface area contributed by atoms with Crippen LogP contribution in [0.4, 0.5) is 23.7 Å². The second-order valence-electron chi connectivity index (χ2n) is 8.05. The van der Waals surface area contributed by atoms with Gasteiger partial charge in [0.05, 0.1) is 6.04 Å². The Balaban J connectivity index is 1.29. The van der Waals surface area contributed by atoms with Crippen LogP contribution < -0.4 is 10.1 Å². The van der Waals surface area contributed by atoms with E-state index in [1.807, 2.05) is 28.0 Å². The van der Waals surface area contributed by atoms with Crippen molar-refractivity contribution < 1.29 is 27.4 Å². The Morgan fingerprint density at radius 2 is 1.76 bits per heavy atom. The fraction of sp³-hybridized carbons (Fsp3) is 0.391. The van der Waals surface area contributed by atoms with Crippen LogP contribution in [0.2, 0.25) is 0 Å². The Morgan fingerprint density at radius 1 is 1.09 bits per heavy atom. The molecule has 2 aromatic rings. The molecule has 176 valence electrons. The van der Waals surface area contributed by atoms with Crippen LogP contribution in [0.5, 0.6) is 5.75 Å². The molecular formula is C23H24F3N3O3S. The highest BCUT2D eigenvalue weighted by Gasteiger charge is 2.39. The fourth-order valence-electron chi connectivity index (χ4n) is 4.25. The number of halogens is 3. The molecule has 0 radical (unpaired) electrons. The smallest absolute Gasteiger partial charge is 0.447 e. The summed E-state index contributed by atoms with van der Waals surface area (Å²) in [5.74, 6) is -0.290. The minimum atomic E-state index is -4.73. The van der Waals surface area contributed by atoms with Crippen LogP contribution in [0.3, 0.4) is 0 Å². The first-order chi connectivity index (χ1) is 15.8. The van der Waals surface area contributed by atoms with Gasteiger partial charge < -0.3 is 19.7 Å². The summed E-state index contributed by atoms with van der Waals surface area (Å²) in [6.07, 6.45) is -2.74. The Bertz CT molecular complexity index is 964. The van der Waals surface area contributed by atoms with Crippen LogP contribution in [0, 0.1) is 0 Å². The number of amides is 1. The van der Waals surface area contributed by atoms with Gasteiger partial charge in [0.15, 0.2) is 5.11 Å². The number of benzene rings is 2. The van der Waals surface area contributed by atoms with E-state index in [2.05, 4.69) is 22.2 Å². The van der Waals surface area contributed by atoms with Crippen molar-refractivity contribution in [3.05, 3.63) is 60.2 Å². The third-order valence-electron chi connectivity index (χ3n) is 5.80. The maximum atomic E-state index is 12.4. The van der Waals surface area contributed by atoms with Gasteiger partial charge in [-0.15, -0.1) is 13.2 Å². The molecular weight excluding hydrogens is 455 g/mol. The monoisotopic (exact) mass is 479 g/mol. The maximum Gasteiger partial charge on any atom is 0.573 e. The summed E-state index contributed by atoms with van der Waals surface area (Å²) in [7, 11) is 0. The molecule has 2 aliphatic rings. The van der Waals surface area contributed by atoms with Crippen molar-refractivity contribution in [2.75, 3.05) is 25.0 Å². The quantitative estimate of drug-likeness (QED) is 0.622. The lowest BCUT2D eigenvalue weighted by molar-refractivity contribution is -0.274. The van der Waals surface area contributed by atoms with Gasteiger partial charge in [0.25, 0.3) is 0 Å². The number of carbonyl (C=O) groups excluding carboxylic acids is 1. The second-order valence-corrected chi connectivity index (χ2v) is 8.43. The fourth-order valence-corrected chi connectivity index (χ4v) is 4.55. The van der Waals surface area contributed by atoms with E-state index in [0.29, 0.717) is 30.5 Å². The zero-order valence-corrected chi connectivity index (χ0v) is 18.6. The summed E-state index contributed by atoms with van der Waals surface area (Å²) in [4.78, 5) is 16.3. The zero-order chi connectivity index (χ0) is 23.4. The molecule has 2 aromatic carbocycles. The summed E-state index contributed by atoms with van der Waals surface area (Å²) in [6, 6.07) is 15.6. The number of hydrogen-bond acceptors (Lipinski definition) is 4. The number of anilines is 1. The molecule has 6 nitrogen and oxygen atoms in total. The molecule has 2 aliphatic heterocycles. The molecule has 10 heteroatoms. The highest BCUT2D eigenvalue weighted by Crippen LogP contribution is 2.27. The van der Waals surface area contributed by atoms with Crippen LogP contribution in [0.1, 0.15) is 18.4 Å². The highest BCUT2D eigenvalue weighted by molar-refractivity contribution is 7.80. The number of nitrogens with zero attached hydrogens (tertiary/aromatic N) is 2. The SMILES string of the molecule is O=C1OC[C@H](Cc2ccccc2)N1C1CCN(C(=S)Nc2ccc(OC(F)(F)F)cc2)CC1. The van der Waals surface area contributed by atoms with E-state index in [-0.39, 0.29) is 23.9 Å². The summed E-state index contributed by atoms with van der Waals surface area (Å²) >= 11 is 5.48. The van der Waals surface area contributed by atoms with Crippen molar-refractivity contribution in [3.8, 4) is 5.75 Å². The van der Waals surface area contributed by atoms with Crippen molar-refractivity contribution in [2.24, 2.45) is 0 Å². The molecule has 0 aromatic heterocycles. The maximum absolute atomic E-state index is 12.4. The van der Waals surface area contributed by atoms with Gasteiger partial charge >= 0.3 is 12.5 Å². The molecule has 2 saturated heterocycles. The Morgan fingerprint density at radius 3 is 2.39 bits per heavy atom. The van der Waals surface area contributed by atoms with E-state index < -0.39 is 6.36 Å². The first-order valence-corrected chi connectivity index (χ1v) is 11.1. The average Bonchev–Trinajstić information content (AvgIpc) is 3.14. The van der Waals surface area contributed by atoms with Crippen LogP contribution >= 0.6 is 12.2 Å². The van der Waals surface area contributed by atoms with Gasteiger partial charge in [-0.2, -0.15) is 0 Å². The van der Waals surface area contributed by atoms with E-state index in [1.165, 1.54) is 29.8 Å². The summed E-state index contributed by atoms with van der Waals surface area (Å²) in [5, 5.41) is 3.54. The Labute approximate surface area is 195 Å². The number of piperidine rings is 1. The van der Waals surface area contributed by atoms with Gasteiger partial charge in [-0.25, -0.2) is 4.79 Å². The molecule has 0 unspecified atom stereocenters. The highest BCUT2D eigenvalue weighted by atomic mass is 32.1. The zero-order valence-electron chi connectivity index (χ0n) is 17.8. The minimum Gasteiger partial charge on any atom is -0.447 e. The van der Waals surface area contributed by atoms with Crippen LogP contribution in [0.25, 0.3) is 0 Å². The lowest BCUT2D eigenvalue weighted by Crippen LogP contribution is -2.50. The lowest BCUT2D eigenvalue weighted by Gasteiger charge is -2.38. The largest absolute Gasteiger partial charge is 0.573 e. The summed E-state index contributed by atoms with van der Waals surface area (Å²) < 4.78 is 46.1. The third kappa shape index (κ3) is 6.07.